The van der Waals surface area contributed by atoms with E-state index in [1.807, 2.05) is 36.4 Å². The zero-order chi connectivity index (χ0) is 40.0. The molecule has 282 valence electrons. The summed E-state index contributed by atoms with van der Waals surface area (Å²) < 4.78 is 11.6. The van der Waals surface area contributed by atoms with E-state index in [1.165, 1.54) is 26.2 Å². The fourth-order valence-corrected chi connectivity index (χ4v) is 7.20. The van der Waals surface area contributed by atoms with Gasteiger partial charge in [0.05, 0.1) is 46.2 Å². The number of fused-ring (bicyclic) bond motifs is 4. The summed E-state index contributed by atoms with van der Waals surface area (Å²) >= 11 is 0. The van der Waals surface area contributed by atoms with Crippen molar-refractivity contribution in [2.75, 3.05) is 17.7 Å². The lowest BCUT2D eigenvalue weighted by Crippen LogP contribution is -2.18. The molecule has 0 saturated heterocycles. The maximum Gasteiger partial charge on any atom is 0.356 e. The second-order valence-corrected chi connectivity index (χ2v) is 13.5. The van der Waals surface area contributed by atoms with Gasteiger partial charge in [0.1, 0.15) is 28.5 Å². The summed E-state index contributed by atoms with van der Waals surface area (Å²) in [6.07, 6.45) is 0. The van der Waals surface area contributed by atoms with Gasteiger partial charge >= 0.3 is 11.9 Å². The minimum Gasteiger partial charge on any atom is -0.507 e. The fraction of sp³-hybridized carbons (Fsp3) is 0.111. The van der Waals surface area contributed by atoms with Crippen molar-refractivity contribution in [2.45, 2.75) is 26.9 Å². The van der Waals surface area contributed by atoms with E-state index in [4.69, 9.17) is 9.15 Å². The number of anilines is 2. The lowest BCUT2D eigenvalue weighted by molar-refractivity contribution is 0.0593. The van der Waals surface area contributed by atoms with E-state index in [-0.39, 0.29) is 58.2 Å². The Bertz CT molecular complexity index is 2990. The third-order valence-corrected chi connectivity index (χ3v) is 10.0. The van der Waals surface area contributed by atoms with Crippen LogP contribution in [0.15, 0.2) is 112 Å². The Kier molecular flexibility index (Phi) is 9.30. The highest BCUT2D eigenvalue weighted by Gasteiger charge is 2.27. The van der Waals surface area contributed by atoms with Gasteiger partial charge in [0.2, 0.25) is 0 Å². The predicted molar refractivity (Wildman–Crippen MR) is 217 cm³/mol. The monoisotopic (exact) mass is 758 g/mol. The Hall–Kier alpha value is -7.60. The van der Waals surface area contributed by atoms with E-state index < -0.39 is 11.9 Å². The zero-order valence-corrected chi connectivity index (χ0v) is 31.0. The van der Waals surface area contributed by atoms with Crippen molar-refractivity contribution >= 4 is 61.9 Å². The van der Waals surface area contributed by atoms with Gasteiger partial charge in [0.25, 0.3) is 0 Å². The number of ketones is 1. The molecule has 6 aromatic rings. The number of phenols is 1. The molecule has 1 aliphatic heterocycles. The highest BCUT2D eigenvalue weighted by Crippen LogP contribution is 2.45. The second-order valence-electron chi connectivity index (χ2n) is 13.5. The van der Waals surface area contributed by atoms with Gasteiger partial charge in [-0.3, -0.25) is 9.59 Å². The number of carboxylic acids is 1. The molecular weight excluding hydrogens is 725 g/mol. The molecule has 0 unspecified atom stereocenters. The molecule has 8 rings (SSSR count). The number of phenolic OH excluding ortho intramolecular Hbond substituents is 1. The Morgan fingerprint density at radius 3 is 2.04 bits per heavy atom. The lowest BCUT2D eigenvalue weighted by Gasteiger charge is -2.22. The Morgan fingerprint density at radius 1 is 0.754 bits per heavy atom. The van der Waals surface area contributed by atoms with Crippen molar-refractivity contribution in [3.63, 3.8) is 0 Å². The number of nitrogens with one attached hydrogen (secondary N) is 2. The molecular formula is C45H34N4O8. The first kappa shape index (κ1) is 36.4. The molecule has 0 fully saturated rings. The van der Waals surface area contributed by atoms with E-state index in [9.17, 15) is 29.4 Å². The zero-order valence-electron chi connectivity index (χ0n) is 31.0. The van der Waals surface area contributed by atoms with E-state index in [1.54, 1.807) is 61.5 Å². The number of aromatic carboxylic acids is 1. The number of ether oxygens (including phenoxy) is 1. The van der Waals surface area contributed by atoms with Crippen molar-refractivity contribution in [3.05, 3.63) is 147 Å². The lowest BCUT2D eigenvalue weighted by atomic mass is 9.87. The average molecular weight is 759 g/mol. The maximum atomic E-state index is 14.1. The number of Topliss-reactive ketones (excluding diaryl/α,β-unsaturated/α-hetero) is 1. The van der Waals surface area contributed by atoms with Gasteiger partial charge in [-0.1, -0.05) is 54.6 Å². The number of hydrogen-bond donors (Lipinski definition) is 4. The first-order valence-electron chi connectivity index (χ1n) is 18.0. The molecule has 0 bridgehead atoms. The number of aryl methyl sites for hydroxylation is 1. The van der Waals surface area contributed by atoms with Crippen LogP contribution in [-0.2, 0) is 17.8 Å². The molecule has 2 aliphatic rings. The van der Waals surface area contributed by atoms with Gasteiger partial charge in [-0.2, -0.15) is 0 Å². The maximum absolute atomic E-state index is 14.1. The van der Waals surface area contributed by atoms with Gasteiger partial charge in [0.15, 0.2) is 11.2 Å². The van der Waals surface area contributed by atoms with E-state index in [0.717, 1.165) is 10.8 Å². The highest BCUT2D eigenvalue weighted by atomic mass is 16.5. The van der Waals surface area contributed by atoms with Crippen LogP contribution in [0, 0.1) is 6.92 Å². The number of hydrogen-bond acceptors (Lipinski definition) is 11. The summed E-state index contributed by atoms with van der Waals surface area (Å²) in [4.78, 5) is 60.4. The second kappa shape index (κ2) is 14.6. The molecule has 1 aliphatic carbocycles. The minimum absolute atomic E-state index is 0.0250. The Morgan fingerprint density at radius 2 is 1.39 bits per heavy atom. The molecule has 0 amide bonds. The summed E-state index contributed by atoms with van der Waals surface area (Å²) in [6, 6.07) is 29.3. The summed E-state index contributed by atoms with van der Waals surface area (Å²) in [5, 5.41) is 30.5. The first-order valence-corrected chi connectivity index (χ1v) is 18.0. The third-order valence-electron chi connectivity index (χ3n) is 10.0. The van der Waals surface area contributed by atoms with Crippen molar-refractivity contribution in [1.29, 1.82) is 0 Å². The van der Waals surface area contributed by atoms with E-state index >= 15 is 0 Å². The van der Waals surface area contributed by atoms with Crippen molar-refractivity contribution in [2.24, 2.45) is 0 Å². The van der Waals surface area contributed by atoms with Crippen LogP contribution in [0.1, 0.15) is 54.9 Å². The number of pyridine rings is 2. The molecule has 0 saturated carbocycles. The van der Waals surface area contributed by atoms with E-state index in [0.29, 0.717) is 61.3 Å². The molecule has 0 spiro atoms. The number of methoxy groups -OCH3 is 1. The number of carbonyl (C=O) groups excluding carboxylic acids is 2. The average Bonchev–Trinajstić information content (AvgIpc) is 3.22. The Balaban J connectivity index is 1.33. The normalized spacial score (nSPS) is 11.3. The molecule has 12 heteroatoms. The number of aromatic hydroxyl groups is 1. The van der Waals surface area contributed by atoms with Crippen LogP contribution < -0.4 is 16.1 Å². The Labute approximate surface area is 324 Å². The van der Waals surface area contributed by atoms with Crippen LogP contribution in [0.5, 0.6) is 5.75 Å². The summed E-state index contributed by atoms with van der Waals surface area (Å²) in [7, 11) is 1.28. The summed E-state index contributed by atoms with van der Waals surface area (Å²) in [5.74, 6) is -1.83. The number of rotatable bonds is 10. The van der Waals surface area contributed by atoms with Crippen LogP contribution in [0.2, 0.25) is 0 Å². The molecule has 3 heterocycles. The number of aromatic nitrogens is 2. The smallest absolute Gasteiger partial charge is 0.356 e. The van der Waals surface area contributed by atoms with Gasteiger partial charge < -0.3 is 30.0 Å². The standard InChI is InChI=1S/C45H34N4O8/c1-23-20-30-38(27-10-4-5-11-28(27)44(53)54)29-16-19-37(51)31(21-46-34-12-6-8-25-14-17-33(24(2)50)48-39(25)34)42(29)57-43(30)32(41(23)52)22-47-35-13-7-9-26-15-18-36(45(55)56-3)49-40(26)35/h4-20,46-47,51H,21-22H2,1-3H3,(H,53,54). The number of benzene rings is 5. The molecule has 12 nitrogen and oxygen atoms in total. The van der Waals surface area contributed by atoms with Crippen LogP contribution in [0.4, 0.5) is 11.4 Å². The minimum atomic E-state index is -1.14. The molecule has 4 N–H and O–H groups in total. The van der Waals surface area contributed by atoms with Crippen molar-refractivity contribution < 1.29 is 33.8 Å². The third kappa shape index (κ3) is 6.52. The predicted octanol–water partition coefficient (Wildman–Crippen LogP) is 8.59. The molecule has 2 aromatic heterocycles. The molecule has 57 heavy (non-hydrogen) atoms. The van der Waals surface area contributed by atoms with Gasteiger partial charge in [0, 0.05) is 47.3 Å². The quantitative estimate of drug-likeness (QED) is 0.0593. The van der Waals surface area contributed by atoms with Crippen LogP contribution >= 0.6 is 0 Å². The first-order chi connectivity index (χ1) is 27.5. The van der Waals surface area contributed by atoms with Gasteiger partial charge in [-0.15, -0.1) is 0 Å². The van der Waals surface area contributed by atoms with Crippen LogP contribution in [0.3, 0.4) is 0 Å². The SMILES string of the molecule is COC(=O)c1ccc2cccc(NCc3c4oc5c(CNc6cccc7ccc(C(C)=O)nc67)c(O)ccc5c(-c5ccccc5C(=O)O)c-4cc(C)c3=O)c2n1. The molecule has 0 radical (unpaired) electrons. The fourth-order valence-electron chi connectivity index (χ4n) is 7.20. The van der Waals surface area contributed by atoms with Gasteiger partial charge in [-0.05, 0) is 66.6 Å². The number of para-hydroxylation sites is 2. The number of carbonyl (C=O) groups is 3. The van der Waals surface area contributed by atoms with Crippen molar-refractivity contribution in [3.8, 4) is 28.2 Å². The molecule has 0 atom stereocenters. The summed E-state index contributed by atoms with van der Waals surface area (Å²) in [5.41, 5.74) is 4.95. The summed E-state index contributed by atoms with van der Waals surface area (Å²) in [6.45, 7) is 3.12. The van der Waals surface area contributed by atoms with Crippen molar-refractivity contribution in [1.82, 2.24) is 9.97 Å². The topological polar surface area (TPSA) is 181 Å². The van der Waals surface area contributed by atoms with Gasteiger partial charge in [-0.25, -0.2) is 19.6 Å². The van der Waals surface area contributed by atoms with E-state index in [2.05, 4.69) is 20.6 Å². The molecule has 4 aromatic carbocycles. The van der Waals surface area contributed by atoms with Crippen LogP contribution in [0.25, 0.3) is 55.2 Å². The number of carboxylic acid groups (broad SMARTS) is 1. The largest absolute Gasteiger partial charge is 0.507 e. The van der Waals surface area contributed by atoms with Crippen LogP contribution in [-0.4, -0.2) is 45.0 Å². The highest BCUT2D eigenvalue weighted by molar-refractivity contribution is 6.09. The number of esters is 1. The number of nitrogens with zero attached hydrogens (tertiary/aromatic N) is 2.